The normalized spacial score (nSPS) is 14.1. The summed E-state index contributed by atoms with van der Waals surface area (Å²) in [7, 11) is 0. The van der Waals surface area contributed by atoms with Crippen molar-refractivity contribution in [1.82, 2.24) is 0 Å². The lowest BCUT2D eigenvalue weighted by molar-refractivity contribution is 0.244. The maximum atomic E-state index is 11.2. The van der Waals surface area contributed by atoms with Gasteiger partial charge in [0.15, 0.2) is 0 Å². The van der Waals surface area contributed by atoms with Crippen molar-refractivity contribution in [2.24, 2.45) is 0 Å². The van der Waals surface area contributed by atoms with Crippen molar-refractivity contribution in [2.45, 2.75) is 26.9 Å². The standard InChI is InChI=1S/C11H14O3/c1-7-4-5-10(14-11(7)13)8(2)6-9(3)12/h4-6,9,12H,1-3H3/b8-6+/t9-/m1/s1. The van der Waals surface area contributed by atoms with E-state index in [9.17, 15) is 4.79 Å². The average Bonchev–Trinajstić information content (AvgIpc) is 2.08. The highest BCUT2D eigenvalue weighted by Crippen LogP contribution is 2.12. The van der Waals surface area contributed by atoms with Crippen LogP contribution in [-0.4, -0.2) is 11.2 Å². The third-order valence-electron chi connectivity index (χ3n) is 1.89. The molecule has 1 rings (SSSR count). The first-order valence-corrected chi connectivity index (χ1v) is 4.48. The van der Waals surface area contributed by atoms with Crippen LogP contribution in [0.5, 0.6) is 0 Å². The van der Waals surface area contributed by atoms with E-state index in [-0.39, 0.29) is 5.63 Å². The fraction of sp³-hybridized carbons (Fsp3) is 0.364. The SMILES string of the molecule is C/C(=C\[C@@H](C)O)c1ccc(C)c(=O)o1. The summed E-state index contributed by atoms with van der Waals surface area (Å²) < 4.78 is 5.04. The summed E-state index contributed by atoms with van der Waals surface area (Å²) in [5.74, 6) is 0.501. The Hall–Kier alpha value is -1.35. The van der Waals surface area contributed by atoms with Gasteiger partial charge >= 0.3 is 5.63 Å². The Morgan fingerprint density at radius 2 is 2.21 bits per heavy atom. The van der Waals surface area contributed by atoms with Crippen LogP contribution in [0.1, 0.15) is 25.2 Å². The molecule has 3 nitrogen and oxygen atoms in total. The van der Waals surface area contributed by atoms with E-state index in [1.54, 1.807) is 39.0 Å². The van der Waals surface area contributed by atoms with E-state index in [0.717, 1.165) is 5.57 Å². The molecule has 0 unspecified atom stereocenters. The zero-order chi connectivity index (χ0) is 10.7. The van der Waals surface area contributed by atoms with Gasteiger partial charge in [-0.05, 0) is 44.6 Å². The van der Waals surface area contributed by atoms with Gasteiger partial charge in [0.1, 0.15) is 5.76 Å². The Morgan fingerprint density at radius 1 is 1.57 bits per heavy atom. The number of allylic oxidation sites excluding steroid dienone is 1. The molecule has 0 aromatic carbocycles. The van der Waals surface area contributed by atoms with Crippen LogP contribution in [0, 0.1) is 6.92 Å². The third-order valence-corrected chi connectivity index (χ3v) is 1.89. The van der Waals surface area contributed by atoms with Gasteiger partial charge in [0.2, 0.25) is 0 Å². The summed E-state index contributed by atoms with van der Waals surface area (Å²) in [6.45, 7) is 5.14. The Balaban J connectivity index is 3.09. The highest BCUT2D eigenvalue weighted by molar-refractivity contribution is 5.59. The van der Waals surface area contributed by atoms with E-state index in [2.05, 4.69) is 0 Å². The molecule has 1 atom stereocenters. The van der Waals surface area contributed by atoms with Crippen molar-refractivity contribution in [3.63, 3.8) is 0 Å². The molecule has 3 heteroatoms. The highest BCUT2D eigenvalue weighted by atomic mass is 16.4. The molecule has 1 N–H and O–H groups in total. The zero-order valence-corrected chi connectivity index (χ0v) is 8.57. The molecule has 0 saturated carbocycles. The second kappa shape index (κ2) is 4.24. The van der Waals surface area contributed by atoms with E-state index in [1.807, 2.05) is 0 Å². The van der Waals surface area contributed by atoms with Crippen molar-refractivity contribution in [1.29, 1.82) is 0 Å². The predicted octanol–water partition coefficient (Wildman–Crippen LogP) is 1.73. The minimum absolute atomic E-state index is 0.333. The summed E-state index contributed by atoms with van der Waals surface area (Å²) >= 11 is 0. The maximum absolute atomic E-state index is 11.2. The molecule has 0 fully saturated rings. The fourth-order valence-electron chi connectivity index (χ4n) is 1.14. The molecule has 0 aliphatic carbocycles. The predicted molar refractivity (Wildman–Crippen MR) is 55.0 cm³/mol. The lowest BCUT2D eigenvalue weighted by Crippen LogP contribution is -2.04. The molecular weight excluding hydrogens is 180 g/mol. The molecule has 1 heterocycles. The minimum atomic E-state index is -0.540. The Kier molecular flexibility index (Phi) is 3.25. The quantitative estimate of drug-likeness (QED) is 0.780. The molecule has 0 aliphatic heterocycles. The summed E-state index contributed by atoms with van der Waals surface area (Å²) in [5, 5.41) is 9.11. The first kappa shape index (κ1) is 10.7. The number of hydrogen-bond acceptors (Lipinski definition) is 3. The van der Waals surface area contributed by atoms with Crippen molar-refractivity contribution in [3.8, 4) is 0 Å². The van der Waals surface area contributed by atoms with Gasteiger partial charge in [-0.1, -0.05) is 0 Å². The van der Waals surface area contributed by atoms with Crippen LogP contribution >= 0.6 is 0 Å². The van der Waals surface area contributed by atoms with Crippen LogP contribution in [-0.2, 0) is 0 Å². The largest absolute Gasteiger partial charge is 0.423 e. The fourth-order valence-corrected chi connectivity index (χ4v) is 1.14. The smallest absolute Gasteiger partial charge is 0.339 e. The van der Waals surface area contributed by atoms with Crippen molar-refractivity contribution < 1.29 is 9.52 Å². The van der Waals surface area contributed by atoms with E-state index in [0.29, 0.717) is 11.3 Å². The van der Waals surface area contributed by atoms with Crippen LogP contribution in [0.25, 0.3) is 5.57 Å². The topological polar surface area (TPSA) is 50.4 Å². The average molecular weight is 194 g/mol. The number of rotatable bonds is 2. The van der Waals surface area contributed by atoms with Gasteiger partial charge < -0.3 is 9.52 Å². The van der Waals surface area contributed by atoms with Gasteiger partial charge in [0.25, 0.3) is 0 Å². The van der Waals surface area contributed by atoms with E-state index < -0.39 is 6.10 Å². The van der Waals surface area contributed by atoms with E-state index >= 15 is 0 Å². The van der Waals surface area contributed by atoms with Crippen LogP contribution in [0.4, 0.5) is 0 Å². The van der Waals surface area contributed by atoms with Gasteiger partial charge in [0, 0.05) is 5.56 Å². The molecule has 0 amide bonds. The molecule has 14 heavy (non-hydrogen) atoms. The molecular formula is C11H14O3. The molecule has 0 saturated heterocycles. The van der Waals surface area contributed by atoms with Crippen molar-refractivity contribution >= 4 is 5.57 Å². The van der Waals surface area contributed by atoms with Crippen LogP contribution in [0.2, 0.25) is 0 Å². The molecule has 0 radical (unpaired) electrons. The Bertz CT molecular complexity index is 399. The summed E-state index contributed by atoms with van der Waals surface area (Å²) in [6, 6.07) is 3.44. The van der Waals surface area contributed by atoms with Gasteiger partial charge in [0.05, 0.1) is 6.10 Å². The maximum Gasteiger partial charge on any atom is 0.339 e. The third kappa shape index (κ3) is 2.57. The summed E-state index contributed by atoms with van der Waals surface area (Å²) in [6.07, 6.45) is 1.09. The van der Waals surface area contributed by atoms with E-state index in [1.165, 1.54) is 0 Å². The molecule has 76 valence electrons. The van der Waals surface area contributed by atoms with Crippen molar-refractivity contribution in [3.05, 3.63) is 40.0 Å². The Morgan fingerprint density at radius 3 is 2.71 bits per heavy atom. The van der Waals surface area contributed by atoms with Gasteiger partial charge in [-0.2, -0.15) is 0 Å². The molecule has 0 aliphatic rings. The lowest BCUT2D eigenvalue weighted by Gasteiger charge is -2.02. The van der Waals surface area contributed by atoms with Crippen LogP contribution in [0.3, 0.4) is 0 Å². The lowest BCUT2D eigenvalue weighted by atomic mass is 10.1. The van der Waals surface area contributed by atoms with Crippen LogP contribution in [0.15, 0.2) is 27.4 Å². The van der Waals surface area contributed by atoms with Gasteiger partial charge in [-0.15, -0.1) is 0 Å². The number of aliphatic hydroxyl groups excluding tert-OH is 1. The summed E-state index contributed by atoms with van der Waals surface area (Å²) in [5.41, 5.74) is 1.01. The molecule has 1 aromatic rings. The minimum Gasteiger partial charge on any atom is -0.423 e. The Labute approximate surface area is 82.7 Å². The second-order valence-corrected chi connectivity index (χ2v) is 3.36. The van der Waals surface area contributed by atoms with Gasteiger partial charge in [-0.3, -0.25) is 0 Å². The van der Waals surface area contributed by atoms with E-state index in [4.69, 9.17) is 9.52 Å². The van der Waals surface area contributed by atoms with Crippen molar-refractivity contribution in [2.75, 3.05) is 0 Å². The zero-order valence-electron chi connectivity index (χ0n) is 8.57. The number of aliphatic hydroxyl groups is 1. The first-order chi connectivity index (χ1) is 6.50. The van der Waals surface area contributed by atoms with Crippen LogP contribution < -0.4 is 5.63 Å². The number of hydrogen-bond donors (Lipinski definition) is 1. The highest BCUT2D eigenvalue weighted by Gasteiger charge is 2.02. The number of aryl methyl sites for hydroxylation is 1. The summed E-state index contributed by atoms with van der Waals surface area (Å²) in [4.78, 5) is 11.2. The molecule has 0 spiro atoms. The first-order valence-electron chi connectivity index (χ1n) is 4.48. The molecule has 1 aromatic heterocycles. The monoisotopic (exact) mass is 194 g/mol. The second-order valence-electron chi connectivity index (χ2n) is 3.36. The molecule has 0 bridgehead atoms. The van der Waals surface area contributed by atoms with Gasteiger partial charge in [-0.25, -0.2) is 4.79 Å².